The number of hydrogen-bond acceptors (Lipinski definition) is 3. The number of amides is 3. The number of likely N-dealkylation sites (tertiary alicyclic amines) is 2. The molecule has 0 aliphatic carbocycles. The van der Waals surface area contributed by atoms with Gasteiger partial charge in [0.15, 0.2) is 0 Å². The molecule has 7 heteroatoms. The average Bonchev–Trinajstić information content (AvgIpc) is 3.00. The van der Waals surface area contributed by atoms with Crippen LogP contribution in [-0.2, 0) is 11.3 Å². The minimum Gasteiger partial charge on any atom is -0.351 e. The third kappa shape index (κ3) is 3.71. The summed E-state index contributed by atoms with van der Waals surface area (Å²) < 4.78 is 1.93. The van der Waals surface area contributed by atoms with Crippen LogP contribution >= 0.6 is 0 Å². The Hall–Kier alpha value is -2.05. The first-order valence-corrected chi connectivity index (χ1v) is 8.88. The van der Waals surface area contributed by atoms with E-state index in [1.54, 1.807) is 4.90 Å². The molecule has 0 radical (unpaired) electrons. The van der Waals surface area contributed by atoms with E-state index in [1.807, 2.05) is 28.9 Å². The van der Waals surface area contributed by atoms with E-state index in [1.165, 1.54) is 0 Å². The first-order valence-electron chi connectivity index (χ1n) is 8.88. The Morgan fingerprint density at radius 3 is 2.79 bits per heavy atom. The van der Waals surface area contributed by atoms with Gasteiger partial charge in [-0.2, -0.15) is 5.10 Å². The number of rotatable bonds is 3. The second-order valence-corrected chi connectivity index (χ2v) is 7.04. The maximum Gasteiger partial charge on any atom is 0.314 e. The maximum absolute atomic E-state index is 13.0. The molecule has 1 aromatic rings. The molecule has 2 N–H and O–H groups in total. The predicted molar refractivity (Wildman–Crippen MR) is 90.2 cm³/mol. The largest absolute Gasteiger partial charge is 0.351 e. The molecule has 0 saturated carbocycles. The SMILES string of the molecule is Cc1cnn(CC2CCCCN2C(=O)C2CCCN(C(N)=O)C2)c1. The summed E-state index contributed by atoms with van der Waals surface area (Å²) in [5.41, 5.74) is 6.52. The third-order valence-electron chi connectivity index (χ3n) is 5.15. The maximum atomic E-state index is 13.0. The zero-order valence-corrected chi connectivity index (χ0v) is 14.4. The van der Waals surface area contributed by atoms with Gasteiger partial charge in [-0.1, -0.05) is 0 Å². The number of aryl methyl sites for hydroxylation is 1. The quantitative estimate of drug-likeness (QED) is 0.906. The van der Waals surface area contributed by atoms with Gasteiger partial charge < -0.3 is 15.5 Å². The van der Waals surface area contributed by atoms with E-state index in [0.29, 0.717) is 13.1 Å². The molecular formula is C17H27N5O2. The fourth-order valence-electron chi connectivity index (χ4n) is 3.88. The molecule has 3 heterocycles. The molecule has 132 valence electrons. The smallest absolute Gasteiger partial charge is 0.314 e. The van der Waals surface area contributed by atoms with Crippen molar-refractivity contribution in [2.75, 3.05) is 19.6 Å². The third-order valence-corrected chi connectivity index (χ3v) is 5.15. The standard InChI is InChI=1S/C17H27N5O2/c1-13-9-19-21(10-13)12-15-6-2-3-8-22(15)16(23)14-5-4-7-20(11-14)17(18)24/h9-10,14-15H,2-8,11-12H2,1H3,(H2,18,24). The summed E-state index contributed by atoms with van der Waals surface area (Å²) in [7, 11) is 0. The second kappa shape index (κ2) is 7.23. The Kier molecular flexibility index (Phi) is 5.06. The van der Waals surface area contributed by atoms with Crippen LogP contribution in [0.4, 0.5) is 4.79 Å². The molecule has 2 aliphatic heterocycles. The van der Waals surface area contributed by atoms with E-state index < -0.39 is 6.03 Å². The van der Waals surface area contributed by atoms with Gasteiger partial charge in [0.25, 0.3) is 0 Å². The summed E-state index contributed by atoms with van der Waals surface area (Å²) in [5, 5.41) is 4.36. The van der Waals surface area contributed by atoms with Crippen LogP contribution in [0.2, 0.25) is 0 Å². The van der Waals surface area contributed by atoms with Crippen LogP contribution in [-0.4, -0.2) is 57.2 Å². The number of carbonyl (C=O) groups is 2. The molecule has 24 heavy (non-hydrogen) atoms. The van der Waals surface area contributed by atoms with Crippen molar-refractivity contribution in [3.8, 4) is 0 Å². The van der Waals surface area contributed by atoms with Gasteiger partial charge in [-0.05, 0) is 44.6 Å². The lowest BCUT2D eigenvalue weighted by atomic mass is 9.93. The fraction of sp³-hybridized carbons (Fsp3) is 0.706. The van der Waals surface area contributed by atoms with Crippen LogP contribution in [0.25, 0.3) is 0 Å². The zero-order chi connectivity index (χ0) is 17.1. The van der Waals surface area contributed by atoms with Crippen molar-refractivity contribution in [2.45, 2.75) is 51.6 Å². The van der Waals surface area contributed by atoms with Crippen LogP contribution in [0.1, 0.15) is 37.7 Å². The van der Waals surface area contributed by atoms with Crippen molar-refractivity contribution in [2.24, 2.45) is 11.7 Å². The number of carbonyl (C=O) groups excluding carboxylic acids is 2. The molecule has 0 aromatic carbocycles. The summed E-state index contributed by atoms with van der Waals surface area (Å²) in [5.74, 6) is 0.0562. The predicted octanol–water partition coefficient (Wildman–Crippen LogP) is 1.36. The molecule has 0 spiro atoms. The van der Waals surface area contributed by atoms with Gasteiger partial charge in [-0.25, -0.2) is 4.79 Å². The Balaban J connectivity index is 1.67. The highest BCUT2D eigenvalue weighted by Crippen LogP contribution is 2.25. The van der Waals surface area contributed by atoms with Crippen molar-refractivity contribution in [1.82, 2.24) is 19.6 Å². The van der Waals surface area contributed by atoms with Crippen LogP contribution in [0, 0.1) is 12.8 Å². The van der Waals surface area contributed by atoms with E-state index in [9.17, 15) is 9.59 Å². The van der Waals surface area contributed by atoms with Crippen molar-refractivity contribution in [3.63, 3.8) is 0 Å². The molecule has 1 aromatic heterocycles. The summed E-state index contributed by atoms with van der Waals surface area (Å²) in [6.45, 7) is 4.68. The molecule has 3 rings (SSSR count). The topological polar surface area (TPSA) is 84.5 Å². The lowest BCUT2D eigenvalue weighted by Crippen LogP contribution is -2.52. The van der Waals surface area contributed by atoms with Gasteiger partial charge in [0.2, 0.25) is 5.91 Å². The van der Waals surface area contributed by atoms with Crippen molar-refractivity contribution in [3.05, 3.63) is 18.0 Å². The van der Waals surface area contributed by atoms with Gasteiger partial charge in [-0.15, -0.1) is 0 Å². The lowest BCUT2D eigenvalue weighted by molar-refractivity contribution is -0.141. The zero-order valence-electron chi connectivity index (χ0n) is 14.4. The Bertz CT molecular complexity index is 600. The molecule has 2 atom stereocenters. The van der Waals surface area contributed by atoms with Gasteiger partial charge in [-0.3, -0.25) is 9.48 Å². The number of piperidine rings is 2. The second-order valence-electron chi connectivity index (χ2n) is 7.04. The molecule has 7 nitrogen and oxygen atoms in total. The highest BCUT2D eigenvalue weighted by atomic mass is 16.2. The Morgan fingerprint density at radius 1 is 1.25 bits per heavy atom. The van der Waals surface area contributed by atoms with Crippen LogP contribution in [0.5, 0.6) is 0 Å². The van der Waals surface area contributed by atoms with Gasteiger partial charge in [0.1, 0.15) is 0 Å². The molecule has 2 unspecified atom stereocenters. The summed E-state index contributed by atoms with van der Waals surface area (Å²) in [6, 6.07) is -0.232. The van der Waals surface area contributed by atoms with Crippen LogP contribution in [0.3, 0.4) is 0 Å². The molecule has 0 bridgehead atoms. The first-order chi connectivity index (χ1) is 11.5. The lowest BCUT2D eigenvalue weighted by Gasteiger charge is -2.40. The van der Waals surface area contributed by atoms with E-state index in [2.05, 4.69) is 5.10 Å². The van der Waals surface area contributed by atoms with Crippen molar-refractivity contribution < 1.29 is 9.59 Å². The highest BCUT2D eigenvalue weighted by molar-refractivity contribution is 5.81. The fourth-order valence-corrected chi connectivity index (χ4v) is 3.88. The van der Waals surface area contributed by atoms with Gasteiger partial charge in [0, 0.05) is 25.8 Å². The van der Waals surface area contributed by atoms with Crippen LogP contribution in [0.15, 0.2) is 12.4 Å². The highest BCUT2D eigenvalue weighted by Gasteiger charge is 2.34. The first kappa shape index (κ1) is 16.8. The minimum absolute atomic E-state index is 0.119. The van der Waals surface area contributed by atoms with Gasteiger partial charge >= 0.3 is 6.03 Å². The summed E-state index contributed by atoms with van der Waals surface area (Å²) >= 11 is 0. The van der Waals surface area contributed by atoms with Crippen molar-refractivity contribution >= 4 is 11.9 Å². The minimum atomic E-state index is -0.422. The monoisotopic (exact) mass is 333 g/mol. The van der Waals surface area contributed by atoms with Crippen LogP contribution < -0.4 is 5.73 Å². The Morgan fingerprint density at radius 2 is 2.08 bits per heavy atom. The van der Waals surface area contributed by atoms with E-state index in [-0.39, 0.29) is 17.9 Å². The van der Waals surface area contributed by atoms with Crippen molar-refractivity contribution in [1.29, 1.82) is 0 Å². The van der Waals surface area contributed by atoms with E-state index in [0.717, 1.165) is 50.8 Å². The Labute approximate surface area is 142 Å². The summed E-state index contributed by atoms with van der Waals surface area (Å²) in [6.07, 6.45) is 8.76. The number of urea groups is 1. The normalized spacial score (nSPS) is 24.9. The van der Waals surface area contributed by atoms with E-state index >= 15 is 0 Å². The summed E-state index contributed by atoms with van der Waals surface area (Å²) in [4.78, 5) is 28.1. The number of nitrogens with zero attached hydrogens (tertiary/aromatic N) is 4. The molecule has 2 saturated heterocycles. The molecule has 2 aliphatic rings. The van der Waals surface area contributed by atoms with E-state index in [4.69, 9.17) is 5.73 Å². The molecular weight excluding hydrogens is 306 g/mol. The molecule has 3 amide bonds. The number of hydrogen-bond donors (Lipinski definition) is 1. The average molecular weight is 333 g/mol. The van der Waals surface area contributed by atoms with Gasteiger partial charge in [0.05, 0.1) is 24.7 Å². The number of nitrogens with two attached hydrogens (primary N) is 1. The number of aromatic nitrogens is 2. The molecule has 2 fully saturated rings. The number of primary amides is 1.